The molecule has 0 unspecified atom stereocenters. The van der Waals surface area contributed by atoms with Crippen molar-refractivity contribution in [1.82, 2.24) is 5.32 Å². The molecule has 9 heavy (non-hydrogen) atoms. The predicted molar refractivity (Wildman–Crippen MR) is 34.8 cm³/mol. The molecule has 0 saturated heterocycles. The molecule has 53 valence electrons. The number of hydrogen-bond donors (Lipinski definition) is 2. The first-order chi connectivity index (χ1) is 4.27. The summed E-state index contributed by atoms with van der Waals surface area (Å²) in [4.78, 5) is 0. The highest BCUT2D eigenvalue weighted by Crippen LogP contribution is 1.77. The summed E-state index contributed by atoms with van der Waals surface area (Å²) in [5.74, 6) is 0.112. The van der Waals surface area contributed by atoms with Gasteiger partial charge in [0.25, 0.3) is 0 Å². The second-order valence-electron chi connectivity index (χ2n) is 1.80. The molecule has 0 aliphatic heterocycles. The average Bonchev–Trinajstić information content (AvgIpc) is 1.80. The Morgan fingerprint density at radius 2 is 2.33 bits per heavy atom. The predicted octanol–water partition coefficient (Wildman–Crippen LogP) is 0.468. The molecule has 0 aromatic carbocycles. The van der Waals surface area contributed by atoms with Crippen molar-refractivity contribution in [3.63, 3.8) is 0 Å². The molecule has 0 aliphatic rings. The monoisotopic (exact) mass is 130 g/mol. The number of hydrogen-bond acceptors (Lipinski definition) is 2. The van der Waals surface area contributed by atoms with Crippen LogP contribution in [0.2, 0.25) is 0 Å². The zero-order chi connectivity index (χ0) is 7.11. The van der Waals surface area contributed by atoms with E-state index < -0.39 is 0 Å². The third kappa shape index (κ3) is 7.46. The highest BCUT2D eigenvalue weighted by molar-refractivity contribution is 4.81. The van der Waals surface area contributed by atoms with E-state index in [4.69, 9.17) is 5.11 Å². The molecule has 0 amide bonds. The zero-order valence-electron chi connectivity index (χ0n) is 5.39. The summed E-state index contributed by atoms with van der Waals surface area (Å²) < 4.78 is 0. The van der Waals surface area contributed by atoms with Crippen LogP contribution in [0.4, 0.5) is 0 Å². The minimum absolute atomic E-state index is 0.0646. The van der Waals surface area contributed by atoms with Crippen molar-refractivity contribution >= 4 is 0 Å². The van der Waals surface area contributed by atoms with Crippen molar-refractivity contribution in [3.8, 4) is 0 Å². The second-order valence-corrected chi connectivity index (χ2v) is 1.80. The van der Waals surface area contributed by atoms with Gasteiger partial charge in [-0.25, -0.2) is 5.11 Å². The lowest BCUT2D eigenvalue weighted by atomic mass is 10.4. The summed E-state index contributed by atoms with van der Waals surface area (Å²) in [6.07, 6.45) is 0.604. The smallest absolute Gasteiger partial charge is 0.0988 e. The first-order valence-electron chi connectivity index (χ1n) is 2.93. The van der Waals surface area contributed by atoms with Gasteiger partial charge in [-0.2, -0.15) is 0 Å². The Bertz CT molecular complexity index is 83.1. The maximum Gasteiger partial charge on any atom is 0.0988 e. The van der Waals surface area contributed by atoms with Crippen LogP contribution in [0.15, 0.2) is 12.3 Å². The molecule has 0 aliphatic carbocycles. The fraction of sp³-hybridized carbons (Fsp3) is 0.667. The number of aliphatic hydroxyl groups excluding tert-OH is 1. The molecule has 0 aromatic heterocycles. The SMILES string of the molecule is C=C(O)CNCCC[O]. The lowest BCUT2D eigenvalue weighted by molar-refractivity contribution is 0.188. The molecule has 3 heteroatoms. The van der Waals surface area contributed by atoms with E-state index in [9.17, 15) is 5.11 Å². The topological polar surface area (TPSA) is 52.2 Å². The van der Waals surface area contributed by atoms with Crippen molar-refractivity contribution in [2.24, 2.45) is 0 Å². The molecular weight excluding hydrogens is 118 g/mol. The van der Waals surface area contributed by atoms with Gasteiger partial charge >= 0.3 is 0 Å². The highest BCUT2D eigenvalue weighted by Gasteiger charge is 1.87. The summed E-state index contributed by atoms with van der Waals surface area (Å²) in [7, 11) is 0. The van der Waals surface area contributed by atoms with Crippen LogP contribution in [0, 0.1) is 0 Å². The van der Waals surface area contributed by atoms with E-state index in [1.165, 1.54) is 0 Å². The quantitative estimate of drug-likeness (QED) is 0.420. The van der Waals surface area contributed by atoms with Crippen LogP contribution in [0.1, 0.15) is 6.42 Å². The van der Waals surface area contributed by atoms with Gasteiger partial charge in [0, 0.05) is 0 Å². The van der Waals surface area contributed by atoms with Crippen molar-refractivity contribution < 1.29 is 10.2 Å². The van der Waals surface area contributed by atoms with E-state index in [1.54, 1.807) is 0 Å². The van der Waals surface area contributed by atoms with E-state index in [1.807, 2.05) is 0 Å². The molecule has 0 fully saturated rings. The van der Waals surface area contributed by atoms with Crippen molar-refractivity contribution in [2.75, 3.05) is 19.7 Å². The van der Waals surface area contributed by atoms with Gasteiger partial charge in [-0.1, -0.05) is 6.58 Å². The number of aliphatic hydroxyl groups is 1. The Labute approximate surface area is 55.0 Å². The summed E-state index contributed by atoms with van der Waals surface area (Å²) in [5, 5.41) is 21.2. The Morgan fingerprint density at radius 3 is 2.78 bits per heavy atom. The highest BCUT2D eigenvalue weighted by atomic mass is 16.3. The van der Waals surface area contributed by atoms with Crippen molar-refractivity contribution in [1.29, 1.82) is 0 Å². The van der Waals surface area contributed by atoms with E-state index in [0.717, 1.165) is 0 Å². The first kappa shape index (κ1) is 8.46. The Morgan fingerprint density at radius 1 is 1.67 bits per heavy atom. The molecular formula is C6H12NO2. The number of nitrogens with one attached hydrogen (secondary N) is 1. The lowest BCUT2D eigenvalue weighted by Gasteiger charge is -1.99. The molecule has 0 atom stereocenters. The van der Waals surface area contributed by atoms with Crippen LogP contribution in [0.3, 0.4) is 0 Å². The second kappa shape index (κ2) is 5.59. The van der Waals surface area contributed by atoms with Gasteiger partial charge in [0.05, 0.1) is 18.9 Å². The minimum atomic E-state index is -0.0646. The van der Waals surface area contributed by atoms with E-state index in [2.05, 4.69) is 11.9 Å². The Kier molecular flexibility index (Phi) is 5.26. The maximum atomic E-state index is 9.85. The van der Waals surface area contributed by atoms with Gasteiger partial charge in [-0.3, -0.25) is 0 Å². The average molecular weight is 130 g/mol. The van der Waals surface area contributed by atoms with Crippen LogP contribution in [-0.4, -0.2) is 24.8 Å². The van der Waals surface area contributed by atoms with E-state index in [0.29, 0.717) is 19.5 Å². The van der Waals surface area contributed by atoms with Crippen LogP contribution in [0.5, 0.6) is 0 Å². The van der Waals surface area contributed by atoms with Gasteiger partial charge in [0.2, 0.25) is 0 Å². The minimum Gasteiger partial charge on any atom is -0.512 e. The van der Waals surface area contributed by atoms with E-state index in [-0.39, 0.29) is 12.4 Å². The molecule has 0 aromatic rings. The third-order valence-corrected chi connectivity index (χ3v) is 0.827. The molecule has 0 heterocycles. The van der Waals surface area contributed by atoms with Gasteiger partial charge in [0.1, 0.15) is 0 Å². The molecule has 0 saturated carbocycles. The summed E-state index contributed by atoms with van der Waals surface area (Å²) >= 11 is 0. The normalized spacial score (nSPS) is 9.44. The first-order valence-corrected chi connectivity index (χ1v) is 2.93. The van der Waals surface area contributed by atoms with Gasteiger partial charge in [-0.05, 0) is 13.0 Å². The van der Waals surface area contributed by atoms with Crippen molar-refractivity contribution in [3.05, 3.63) is 12.3 Å². The molecule has 0 bridgehead atoms. The molecule has 3 nitrogen and oxygen atoms in total. The summed E-state index contributed by atoms with van der Waals surface area (Å²) in [6, 6.07) is 0. The van der Waals surface area contributed by atoms with Crippen LogP contribution >= 0.6 is 0 Å². The van der Waals surface area contributed by atoms with Gasteiger partial charge < -0.3 is 10.4 Å². The fourth-order valence-electron chi connectivity index (χ4n) is 0.430. The Balaban J connectivity index is 2.83. The fourth-order valence-corrected chi connectivity index (χ4v) is 0.430. The lowest BCUT2D eigenvalue weighted by Crippen LogP contribution is -2.18. The van der Waals surface area contributed by atoms with Crippen LogP contribution in [0.25, 0.3) is 0 Å². The zero-order valence-corrected chi connectivity index (χ0v) is 5.39. The largest absolute Gasteiger partial charge is 0.512 e. The summed E-state index contributed by atoms with van der Waals surface area (Å²) in [6.45, 7) is 4.25. The third-order valence-electron chi connectivity index (χ3n) is 0.827. The van der Waals surface area contributed by atoms with Crippen LogP contribution in [-0.2, 0) is 5.11 Å². The van der Waals surface area contributed by atoms with E-state index >= 15 is 0 Å². The van der Waals surface area contributed by atoms with Gasteiger partial charge in [0.15, 0.2) is 0 Å². The van der Waals surface area contributed by atoms with Gasteiger partial charge in [-0.15, -0.1) is 0 Å². The van der Waals surface area contributed by atoms with Crippen molar-refractivity contribution in [2.45, 2.75) is 6.42 Å². The Hall–Kier alpha value is -0.540. The summed E-state index contributed by atoms with van der Waals surface area (Å²) in [5.41, 5.74) is 0. The molecule has 0 spiro atoms. The van der Waals surface area contributed by atoms with Crippen LogP contribution < -0.4 is 5.32 Å². The maximum absolute atomic E-state index is 9.85. The standard InChI is InChI=1S/C6H12NO2/c1-6(9)5-7-3-2-4-8/h7,9H,1-5H2. The molecule has 1 radical (unpaired) electrons. The molecule has 2 N–H and O–H groups in total. The number of rotatable bonds is 5. The molecule has 0 rings (SSSR count).